The second kappa shape index (κ2) is 9.09. The lowest BCUT2D eigenvalue weighted by Crippen LogP contribution is -2.11. The highest BCUT2D eigenvalue weighted by molar-refractivity contribution is 5.98. The van der Waals surface area contributed by atoms with Gasteiger partial charge >= 0.3 is 0 Å². The molecule has 0 saturated carbocycles. The summed E-state index contributed by atoms with van der Waals surface area (Å²) in [5.74, 6) is 1.12. The van der Waals surface area contributed by atoms with E-state index < -0.39 is 0 Å². The molecule has 1 atom stereocenters. The lowest BCUT2D eigenvalue weighted by Gasteiger charge is -2.26. The number of rotatable bonds is 3. The van der Waals surface area contributed by atoms with Crippen LogP contribution in [-0.4, -0.2) is 9.97 Å². The van der Waals surface area contributed by atoms with Crippen LogP contribution in [0.2, 0.25) is 0 Å². The standard InChI is InChI=1S/C40H26N2/c1-2-13-25(14-3-1)40-41-35-24-11-10-21-33(35)39(42-40)34-23-12-22-31-28-17-6-9-20-32(28)38(37(31)34)36-29-18-7-4-15-26(29)27-16-5-8-19-30(27)36/h1-24,36,38H. The molecule has 0 N–H and O–H groups in total. The molecule has 42 heavy (non-hydrogen) atoms. The summed E-state index contributed by atoms with van der Waals surface area (Å²) in [6.07, 6.45) is 0. The molecule has 0 amide bonds. The average molecular weight is 535 g/mol. The number of fused-ring (bicyclic) bond motifs is 7. The van der Waals surface area contributed by atoms with Crippen molar-refractivity contribution in [2.45, 2.75) is 11.8 Å². The summed E-state index contributed by atoms with van der Waals surface area (Å²) >= 11 is 0. The van der Waals surface area contributed by atoms with Crippen LogP contribution in [0.1, 0.15) is 34.1 Å². The molecule has 0 bridgehead atoms. The van der Waals surface area contributed by atoms with Crippen molar-refractivity contribution >= 4 is 10.9 Å². The van der Waals surface area contributed by atoms with Crippen LogP contribution in [-0.2, 0) is 0 Å². The van der Waals surface area contributed by atoms with Gasteiger partial charge in [0.25, 0.3) is 0 Å². The Bertz CT molecular complexity index is 2120. The summed E-state index contributed by atoms with van der Waals surface area (Å²) in [4.78, 5) is 10.3. The van der Waals surface area contributed by atoms with Crippen molar-refractivity contribution in [3.8, 4) is 44.9 Å². The van der Waals surface area contributed by atoms with Crippen LogP contribution >= 0.6 is 0 Å². The van der Waals surface area contributed by atoms with Crippen molar-refractivity contribution in [2.24, 2.45) is 0 Å². The van der Waals surface area contributed by atoms with Gasteiger partial charge in [-0.1, -0.05) is 140 Å². The van der Waals surface area contributed by atoms with Crippen LogP contribution in [0.15, 0.2) is 146 Å². The number of benzene rings is 6. The molecule has 1 heterocycles. The highest BCUT2D eigenvalue weighted by Crippen LogP contribution is 2.60. The van der Waals surface area contributed by atoms with E-state index in [-0.39, 0.29) is 11.8 Å². The highest BCUT2D eigenvalue weighted by atomic mass is 14.9. The van der Waals surface area contributed by atoms with E-state index in [9.17, 15) is 0 Å². The van der Waals surface area contributed by atoms with E-state index in [1.165, 1.54) is 50.1 Å². The minimum Gasteiger partial charge on any atom is -0.228 e. The minimum absolute atomic E-state index is 0.158. The van der Waals surface area contributed by atoms with Gasteiger partial charge in [-0.3, -0.25) is 0 Å². The fourth-order valence-electron chi connectivity index (χ4n) is 7.41. The summed E-state index contributed by atoms with van der Waals surface area (Å²) in [7, 11) is 0. The summed E-state index contributed by atoms with van der Waals surface area (Å²) in [6.45, 7) is 0. The maximum atomic E-state index is 5.32. The van der Waals surface area contributed by atoms with E-state index in [1.54, 1.807) is 0 Å². The van der Waals surface area contributed by atoms with Crippen LogP contribution in [0, 0.1) is 0 Å². The van der Waals surface area contributed by atoms with Crippen LogP contribution in [0.4, 0.5) is 0 Å². The summed E-state index contributed by atoms with van der Waals surface area (Å²) in [6, 6.07) is 52.4. The fraction of sp³-hybridized carbons (Fsp3) is 0.0500. The number of hydrogen-bond acceptors (Lipinski definition) is 2. The van der Waals surface area contributed by atoms with Gasteiger partial charge in [0.1, 0.15) is 0 Å². The molecule has 196 valence electrons. The monoisotopic (exact) mass is 534 g/mol. The lowest BCUT2D eigenvalue weighted by molar-refractivity contribution is 0.725. The van der Waals surface area contributed by atoms with E-state index in [0.29, 0.717) is 0 Å². The van der Waals surface area contributed by atoms with E-state index >= 15 is 0 Å². The number of nitrogens with zero attached hydrogens (tertiary/aromatic N) is 2. The van der Waals surface area contributed by atoms with Gasteiger partial charge in [-0.05, 0) is 50.6 Å². The Labute approximate surface area is 245 Å². The molecule has 0 fully saturated rings. The molecule has 6 aromatic carbocycles. The van der Waals surface area contributed by atoms with E-state index in [2.05, 4.69) is 140 Å². The molecule has 9 rings (SSSR count). The zero-order chi connectivity index (χ0) is 27.6. The quantitative estimate of drug-likeness (QED) is 0.225. The Balaban J connectivity index is 1.35. The Hall–Kier alpha value is -5.34. The number of para-hydroxylation sites is 1. The van der Waals surface area contributed by atoms with Gasteiger partial charge in [-0.25, -0.2) is 9.97 Å². The molecule has 2 aliphatic carbocycles. The van der Waals surface area contributed by atoms with E-state index in [4.69, 9.17) is 9.97 Å². The molecule has 7 aromatic rings. The smallest absolute Gasteiger partial charge is 0.160 e. The summed E-state index contributed by atoms with van der Waals surface area (Å²) < 4.78 is 0. The third kappa shape index (κ3) is 3.33. The first kappa shape index (κ1) is 23.4. The Kier molecular flexibility index (Phi) is 5.06. The van der Waals surface area contributed by atoms with Gasteiger partial charge in [0.15, 0.2) is 5.82 Å². The molecular weight excluding hydrogens is 508 g/mol. The number of aromatic nitrogens is 2. The highest BCUT2D eigenvalue weighted by Gasteiger charge is 2.42. The predicted molar refractivity (Wildman–Crippen MR) is 171 cm³/mol. The molecule has 1 unspecified atom stereocenters. The maximum Gasteiger partial charge on any atom is 0.160 e. The zero-order valence-corrected chi connectivity index (χ0v) is 22.9. The molecular formula is C40H26N2. The summed E-state index contributed by atoms with van der Waals surface area (Å²) in [5, 5.41) is 1.08. The molecule has 0 radical (unpaired) electrons. The second-order valence-corrected chi connectivity index (χ2v) is 11.3. The third-order valence-corrected chi connectivity index (χ3v) is 9.11. The molecule has 2 nitrogen and oxygen atoms in total. The third-order valence-electron chi connectivity index (χ3n) is 9.11. The van der Waals surface area contributed by atoms with Crippen LogP contribution < -0.4 is 0 Å². The Morgan fingerprint density at radius 2 is 0.905 bits per heavy atom. The minimum atomic E-state index is 0.158. The molecule has 0 spiro atoms. The van der Waals surface area contributed by atoms with Crippen molar-refractivity contribution in [1.82, 2.24) is 9.97 Å². The SMILES string of the molecule is c1ccc(-c2nc(-c3cccc4c3C(C3c5ccccc5-c5ccccc53)c3ccccc3-4)c3ccccc3n2)cc1. The molecule has 1 aromatic heterocycles. The zero-order valence-electron chi connectivity index (χ0n) is 22.9. The lowest BCUT2D eigenvalue weighted by atomic mass is 9.76. The van der Waals surface area contributed by atoms with Gasteiger partial charge in [-0.2, -0.15) is 0 Å². The van der Waals surface area contributed by atoms with Gasteiger partial charge in [0.2, 0.25) is 0 Å². The second-order valence-electron chi connectivity index (χ2n) is 11.3. The first-order valence-electron chi connectivity index (χ1n) is 14.6. The van der Waals surface area contributed by atoms with Crippen molar-refractivity contribution in [2.75, 3.05) is 0 Å². The van der Waals surface area contributed by atoms with Crippen molar-refractivity contribution in [3.05, 3.63) is 168 Å². The molecule has 0 saturated heterocycles. The number of hydrogen-bond donors (Lipinski definition) is 0. The average Bonchev–Trinajstić information content (AvgIpc) is 3.57. The normalized spacial score (nSPS) is 14.8. The predicted octanol–water partition coefficient (Wildman–Crippen LogP) is 9.89. The van der Waals surface area contributed by atoms with Gasteiger partial charge in [-0.15, -0.1) is 0 Å². The van der Waals surface area contributed by atoms with Crippen LogP contribution in [0.3, 0.4) is 0 Å². The summed E-state index contributed by atoms with van der Waals surface area (Å²) in [5.41, 5.74) is 15.0. The van der Waals surface area contributed by atoms with Crippen molar-refractivity contribution < 1.29 is 0 Å². The van der Waals surface area contributed by atoms with Crippen LogP contribution in [0.25, 0.3) is 55.8 Å². The first-order chi connectivity index (χ1) is 20.9. The largest absolute Gasteiger partial charge is 0.228 e. The van der Waals surface area contributed by atoms with E-state index in [0.717, 1.165) is 28.0 Å². The molecule has 0 aliphatic heterocycles. The molecule has 2 heteroatoms. The molecule has 2 aliphatic rings. The van der Waals surface area contributed by atoms with Gasteiger partial charge < -0.3 is 0 Å². The van der Waals surface area contributed by atoms with Crippen molar-refractivity contribution in [3.63, 3.8) is 0 Å². The fourth-order valence-corrected chi connectivity index (χ4v) is 7.41. The first-order valence-corrected chi connectivity index (χ1v) is 14.6. The Morgan fingerprint density at radius 3 is 1.62 bits per heavy atom. The van der Waals surface area contributed by atoms with Crippen molar-refractivity contribution in [1.29, 1.82) is 0 Å². The topological polar surface area (TPSA) is 25.8 Å². The van der Waals surface area contributed by atoms with E-state index in [1.807, 2.05) is 6.07 Å². The maximum absolute atomic E-state index is 5.32. The van der Waals surface area contributed by atoms with Gasteiger partial charge in [0.05, 0.1) is 11.2 Å². The van der Waals surface area contributed by atoms with Gasteiger partial charge in [0, 0.05) is 28.3 Å². The Morgan fingerprint density at radius 1 is 0.381 bits per heavy atom. The van der Waals surface area contributed by atoms with Crippen LogP contribution in [0.5, 0.6) is 0 Å².